The molecule has 0 saturated heterocycles. The van der Waals surface area contributed by atoms with Gasteiger partial charge in [-0.3, -0.25) is 0 Å². The summed E-state index contributed by atoms with van der Waals surface area (Å²) in [7, 11) is -2.00. The van der Waals surface area contributed by atoms with E-state index in [4.69, 9.17) is 0 Å². The molecule has 47 heavy (non-hydrogen) atoms. The minimum Gasteiger partial charge on any atom is -0.375 e. The zero-order valence-corrected chi connectivity index (χ0v) is 27.8. The zero-order valence-electron chi connectivity index (χ0n) is 26.0. The molecule has 7 aromatic carbocycles. The molecule has 9 aromatic rings. The lowest BCUT2D eigenvalue weighted by atomic mass is 9.45. The summed E-state index contributed by atoms with van der Waals surface area (Å²) in [5, 5.41) is 11.1. The van der Waals surface area contributed by atoms with Gasteiger partial charge in [0.25, 0.3) is 0 Å². The summed E-state index contributed by atoms with van der Waals surface area (Å²) in [6, 6.07) is 48.8. The monoisotopic (exact) mass is 630 g/mol. The van der Waals surface area contributed by atoms with Crippen molar-refractivity contribution >= 4 is 117 Å². The van der Waals surface area contributed by atoms with Gasteiger partial charge in [0.2, 0.25) is 0 Å². The Hall–Kier alpha value is -5.10. The molecule has 0 atom stereocenters. The first kappa shape index (κ1) is 25.0. The third-order valence-corrected chi connectivity index (χ3v) is 16.2. The van der Waals surface area contributed by atoms with Crippen LogP contribution in [0.1, 0.15) is 0 Å². The molecule has 0 bridgehead atoms. The second kappa shape index (κ2) is 8.24. The SMILES string of the molecule is C[Si]1(C)c2ccccc2N2c3c(cccc31)B1c3c(cc4c(sc5ccccc54)c32)-c2cccc3c4cc5ccccc5cc4n1c23. The van der Waals surface area contributed by atoms with Crippen LogP contribution in [0.5, 0.6) is 0 Å². The van der Waals surface area contributed by atoms with E-state index in [0.717, 1.165) is 0 Å². The Morgan fingerprint density at radius 1 is 0.596 bits per heavy atom. The second-order valence-corrected chi connectivity index (χ2v) is 19.5. The molecule has 0 spiro atoms. The Labute approximate surface area is 277 Å². The summed E-state index contributed by atoms with van der Waals surface area (Å²) in [6.07, 6.45) is 0. The van der Waals surface area contributed by atoms with E-state index in [2.05, 4.69) is 150 Å². The van der Waals surface area contributed by atoms with E-state index in [9.17, 15) is 0 Å². The summed E-state index contributed by atoms with van der Waals surface area (Å²) < 4.78 is 5.47. The van der Waals surface area contributed by atoms with Crippen LogP contribution in [0.4, 0.5) is 17.1 Å². The van der Waals surface area contributed by atoms with Crippen molar-refractivity contribution in [1.29, 1.82) is 0 Å². The Bertz CT molecular complexity index is 2910. The number of anilines is 3. The van der Waals surface area contributed by atoms with Crippen molar-refractivity contribution in [3.63, 3.8) is 0 Å². The molecular weight excluding hydrogens is 603 g/mol. The third-order valence-electron chi connectivity index (χ3n) is 11.5. The van der Waals surface area contributed by atoms with Crippen LogP contribution in [-0.2, 0) is 0 Å². The smallest absolute Gasteiger partial charge is 0.333 e. The molecule has 2 aromatic heterocycles. The highest BCUT2D eigenvalue weighted by atomic mass is 32.1. The van der Waals surface area contributed by atoms with Gasteiger partial charge in [0.1, 0.15) is 8.07 Å². The third kappa shape index (κ3) is 2.83. The number of rotatable bonds is 0. The van der Waals surface area contributed by atoms with E-state index >= 15 is 0 Å². The zero-order chi connectivity index (χ0) is 30.8. The molecule has 0 aliphatic carbocycles. The topological polar surface area (TPSA) is 8.17 Å². The van der Waals surface area contributed by atoms with Gasteiger partial charge in [-0.25, -0.2) is 0 Å². The lowest BCUT2D eigenvalue weighted by molar-refractivity contribution is 1.27. The maximum Gasteiger partial charge on any atom is 0.333 e. The molecule has 5 heterocycles. The number of fused-ring (bicyclic) bond motifs is 14. The van der Waals surface area contributed by atoms with Gasteiger partial charge in [-0.1, -0.05) is 110 Å². The number of aromatic nitrogens is 1. The second-order valence-electron chi connectivity index (χ2n) is 14.1. The normalized spacial score (nSPS) is 15.1. The molecular formula is C42H27BN2SSi. The highest BCUT2D eigenvalue weighted by molar-refractivity contribution is 7.26. The fraction of sp³-hybridized carbons (Fsp3) is 0.0476. The van der Waals surface area contributed by atoms with Gasteiger partial charge in [-0.05, 0) is 68.0 Å². The maximum absolute atomic E-state index is 2.72. The molecule has 12 rings (SSSR count). The van der Waals surface area contributed by atoms with Gasteiger partial charge in [-0.15, -0.1) is 11.3 Å². The van der Waals surface area contributed by atoms with Crippen LogP contribution in [0.25, 0.3) is 63.9 Å². The molecule has 0 amide bonds. The fourth-order valence-electron chi connectivity index (χ4n) is 9.50. The Morgan fingerprint density at radius 3 is 2.26 bits per heavy atom. The van der Waals surface area contributed by atoms with Crippen LogP contribution >= 0.6 is 11.3 Å². The summed E-state index contributed by atoms with van der Waals surface area (Å²) in [5.74, 6) is 0. The van der Waals surface area contributed by atoms with Crippen molar-refractivity contribution in [2.75, 3.05) is 4.90 Å². The van der Waals surface area contributed by atoms with E-state index in [1.165, 1.54) is 102 Å². The van der Waals surface area contributed by atoms with Gasteiger partial charge in [-0.2, -0.15) is 0 Å². The molecule has 5 heteroatoms. The minimum absolute atomic E-state index is 0.0759. The fourth-order valence-corrected chi connectivity index (χ4v) is 13.7. The molecule has 3 aliphatic rings. The molecule has 2 nitrogen and oxygen atoms in total. The van der Waals surface area contributed by atoms with Crippen molar-refractivity contribution in [1.82, 2.24) is 4.48 Å². The largest absolute Gasteiger partial charge is 0.375 e. The standard InChI is InChI=1S/C42H27BN2SSi/c1-47(2)36-19-8-6-17-33(36)44-40-32(16-10-20-37(40)47)43-38-30(23-31-26-13-5-7-18-35(26)46-42(31)41(38)44)28-15-9-14-27-29-21-24-11-3-4-12-25(24)22-34(29)45(43)39(27)28/h3-23H,1-2H3. The average Bonchev–Trinajstić information content (AvgIpc) is 3.64. The Kier molecular flexibility index (Phi) is 4.39. The van der Waals surface area contributed by atoms with Gasteiger partial charge < -0.3 is 9.38 Å². The number of hydrogen-bond donors (Lipinski definition) is 0. The van der Waals surface area contributed by atoms with Crippen LogP contribution in [0.3, 0.4) is 0 Å². The van der Waals surface area contributed by atoms with E-state index in [1.807, 2.05) is 11.3 Å². The predicted molar refractivity (Wildman–Crippen MR) is 207 cm³/mol. The van der Waals surface area contributed by atoms with E-state index in [-0.39, 0.29) is 6.85 Å². The van der Waals surface area contributed by atoms with Gasteiger partial charge in [0, 0.05) is 54.2 Å². The number of para-hydroxylation sites is 3. The maximum atomic E-state index is 2.72. The summed E-state index contributed by atoms with van der Waals surface area (Å²) in [4.78, 5) is 2.69. The van der Waals surface area contributed by atoms with Gasteiger partial charge in [0.05, 0.1) is 10.4 Å². The lowest BCUT2D eigenvalue weighted by Gasteiger charge is -2.47. The highest BCUT2D eigenvalue weighted by Gasteiger charge is 2.49. The lowest BCUT2D eigenvalue weighted by Crippen LogP contribution is -2.65. The van der Waals surface area contributed by atoms with E-state index in [0.29, 0.717) is 0 Å². The number of hydrogen-bond acceptors (Lipinski definition) is 2. The summed E-state index contributed by atoms with van der Waals surface area (Å²) >= 11 is 1.96. The quantitative estimate of drug-likeness (QED) is 0.152. The predicted octanol–water partition coefficient (Wildman–Crippen LogP) is 8.87. The van der Waals surface area contributed by atoms with Gasteiger partial charge in [0.15, 0.2) is 0 Å². The van der Waals surface area contributed by atoms with Crippen LogP contribution in [0.15, 0.2) is 127 Å². The summed E-state index contributed by atoms with van der Waals surface area (Å²) in [5.41, 5.74) is 12.4. The molecule has 0 N–H and O–H groups in total. The van der Waals surface area contributed by atoms with Gasteiger partial charge >= 0.3 is 6.85 Å². The first-order chi connectivity index (χ1) is 23.1. The van der Waals surface area contributed by atoms with Crippen LogP contribution in [0, 0.1) is 0 Å². The first-order valence-corrected chi connectivity index (χ1v) is 20.4. The van der Waals surface area contributed by atoms with Crippen LogP contribution < -0.4 is 26.2 Å². The minimum atomic E-state index is -2.00. The molecule has 218 valence electrons. The van der Waals surface area contributed by atoms with Crippen molar-refractivity contribution in [2.24, 2.45) is 0 Å². The first-order valence-electron chi connectivity index (χ1n) is 16.6. The number of benzene rings is 7. The van der Waals surface area contributed by atoms with Crippen molar-refractivity contribution in [3.05, 3.63) is 127 Å². The highest BCUT2D eigenvalue weighted by Crippen LogP contribution is 2.51. The van der Waals surface area contributed by atoms with Crippen molar-refractivity contribution in [3.8, 4) is 11.1 Å². The summed E-state index contributed by atoms with van der Waals surface area (Å²) in [6.45, 7) is 5.17. The van der Waals surface area contributed by atoms with Crippen molar-refractivity contribution < 1.29 is 0 Å². The molecule has 0 radical (unpaired) electrons. The molecule has 0 unspecified atom stereocenters. The number of thiophene rings is 1. The average molecular weight is 631 g/mol. The van der Waals surface area contributed by atoms with Crippen LogP contribution in [-0.4, -0.2) is 19.4 Å². The number of nitrogens with zero attached hydrogens (tertiary/aromatic N) is 2. The van der Waals surface area contributed by atoms with Crippen molar-refractivity contribution in [2.45, 2.75) is 13.1 Å². The Balaban J connectivity index is 1.35. The van der Waals surface area contributed by atoms with E-state index in [1.54, 1.807) is 0 Å². The van der Waals surface area contributed by atoms with Crippen LogP contribution in [0.2, 0.25) is 13.1 Å². The Morgan fingerprint density at radius 2 is 1.34 bits per heavy atom. The molecule has 0 saturated carbocycles. The molecule has 3 aliphatic heterocycles. The van der Waals surface area contributed by atoms with E-state index < -0.39 is 8.07 Å². The molecule has 0 fully saturated rings.